The molecular weight excluding hydrogens is 314 g/mol. The molecule has 2 aromatic heterocycles. The number of nitriles is 1. The highest BCUT2D eigenvalue weighted by Gasteiger charge is 2.27. The molecule has 1 fully saturated rings. The molecular formula is C19H17N5O. The number of pyridine rings is 1. The van der Waals surface area contributed by atoms with Crippen molar-refractivity contribution >= 4 is 5.69 Å². The van der Waals surface area contributed by atoms with Gasteiger partial charge in [0.25, 0.3) is 0 Å². The van der Waals surface area contributed by atoms with E-state index in [0.29, 0.717) is 34.5 Å². The number of aryl methyl sites for hydroxylation is 1. The molecule has 0 spiro atoms. The van der Waals surface area contributed by atoms with Gasteiger partial charge in [0.1, 0.15) is 5.75 Å². The van der Waals surface area contributed by atoms with Crippen LogP contribution in [-0.2, 0) is 7.05 Å². The predicted octanol–water partition coefficient (Wildman–Crippen LogP) is 3.61. The Morgan fingerprint density at radius 1 is 1.24 bits per heavy atom. The Kier molecular flexibility index (Phi) is 3.62. The molecule has 0 atom stereocenters. The lowest BCUT2D eigenvalue weighted by molar-refractivity contribution is 0.432. The van der Waals surface area contributed by atoms with E-state index in [4.69, 9.17) is 10.5 Å². The molecule has 0 unspecified atom stereocenters. The summed E-state index contributed by atoms with van der Waals surface area (Å²) in [7, 11) is 1.85. The molecule has 6 heteroatoms. The quantitative estimate of drug-likeness (QED) is 0.789. The minimum atomic E-state index is 0.521. The summed E-state index contributed by atoms with van der Waals surface area (Å²) in [4.78, 5) is 4.37. The molecule has 124 valence electrons. The Morgan fingerprint density at radius 3 is 2.80 bits per heavy atom. The molecule has 0 radical (unpaired) electrons. The van der Waals surface area contributed by atoms with Gasteiger partial charge in [-0.2, -0.15) is 10.4 Å². The summed E-state index contributed by atoms with van der Waals surface area (Å²) in [6.45, 7) is 0. The van der Waals surface area contributed by atoms with E-state index in [2.05, 4.69) is 16.2 Å². The average Bonchev–Trinajstić information content (AvgIpc) is 3.40. The molecule has 0 saturated heterocycles. The van der Waals surface area contributed by atoms with Crippen LogP contribution in [0.4, 0.5) is 5.69 Å². The van der Waals surface area contributed by atoms with Gasteiger partial charge >= 0.3 is 0 Å². The summed E-state index contributed by atoms with van der Waals surface area (Å²) >= 11 is 0. The predicted molar refractivity (Wildman–Crippen MR) is 94.1 cm³/mol. The molecule has 1 aliphatic carbocycles. The number of hydrogen-bond acceptors (Lipinski definition) is 5. The molecule has 1 aliphatic rings. The molecule has 0 bridgehead atoms. The lowest BCUT2D eigenvalue weighted by atomic mass is 10.1. The van der Waals surface area contributed by atoms with Crippen molar-refractivity contribution in [3.63, 3.8) is 0 Å². The second-order valence-corrected chi connectivity index (χ2v) is 6.20. The highest BCUT2D eigenvalue weighted by molar-refractivity contribution is 5.71. The van der Waals surface area contributed by atoms with Crippen molar-refractivity contribution in [2.24, 2.45) is 7.05 Å². The van der Waals surface area contributed by atoms with Gasteiger partial charge < -0.3 is 10.5 Å². The minimum absolute atomic E-state index is 0.521. The van der Waals surface area contributed by atoms with Gasteiger partial charge in [-0.05, 0) is 43.2 Å². The first-order chi connectivity index (χ1) is 12.1. The van der Waals surface area contributed by atoms with Gasteiger partial charge in [-0.3, -0.25) is 4.98 Å². The lowest BCUT2D eigenvalue weighted by Gasteiger charge is -2.11. The van der Waals surface area contributed by atoms with Crippen molar-refractivity contribution in [3.8, 4) is 29.0 Å². The van der Waals surface area contributed by atoms with Crippen LogP contribution >= 0.6 is 0 Å². The number of benzene rings is 1. The van der Waals surface area contributed by atoms with E-state index in [1.54, 1.807) is 35.1 Å². The Hall–Kier alpha value is -3.33. The number of rotatable bonds is 4. The minimum Gasteiger partial charge on any atom is -0.439 e. The summed E-state index contributed by atoms with van der Waals surface area (Å²) in [6, 6.07) is 12.9. The van der Waals surface area contributed by atoms with Gasteiger partial charge in [0.2, 0.25) is 5.88 Å². The molecule has 0 amide bonds. The van der Waals surface area contributed by atoms with Gasteiger partial charge in [0.15, 0.2) is 0 Å². The fourth-order valence-electron chi connectivity index (χ4n) is 2.74. The zero-order valence-corrected chi connectivity index (χ0v) is 13.8. The average molecular weight is 331 g/mol. The number of nitrogens with two attached hydrogens (primary N) is 1. The van der Waals surface area contributed by atoms with E-state index >= 15 is 0 Å². The third-order valence-corrected chi connectivity index (χ3v) is 4.24. The normalized spacial score (nSPS) is 13.4. The third kappa shape index (κ3) is 3.04. The van der Waals surface area contributed by atoms with Crippen LogP contribution in [0.1, 0.15) is 30.0 Å². The number of hydrogen-bond donors (Lipinski definition) is 1. The number of anilines is 1. The number of aromatic nitrogens is 3. The third-order valence-electron chi connectivity index (χ3n) is 4.24. The van der Waals surface area contributed by atoms with Crippen molar-refractivity contribution < 1.29 is 4.74 Å². The maximum absolute atomic E-state index is 9.21. The van der Waals surface area contributed by atoms with E-state index < -0.39 is 0 Å². The molecule has 2 heterocycles. The molecule has 0 aliphatic heterocycles. The molecule has 2 N–H and O–H groups in total. The topological polar surface area (TPSA) is 89.8 Å². The van der Waals surface area contributed by atoms with Crippen LogP contribution in [0, 0.1) is 11.3 Å². The zero-order chi connectivity index (χ0) is 17.4. The fourth-order valence-corrected chi connectivity index (χ4v) is 2.74. The van der Waals surface area contributed by atoms with Crippen molar-refractivity contribution in [3.05, 3.63) is 53.9 Å². The molecule has 1 saturated carbocycles. The molecule has 25 heavy (non-hydrogen) atoms. The summed E-state index contributed by atoms with van der Waals surface area (Å²) in [5.74, 6) is 1.74. The Balaban J connectivity index is 1.76. The van der Waals surface area contributed by atoms with E-state index in [0.717, 1.165) is 11.3 Å². The number of nitrogen functional groups attached to an aromatic ring is 1. The Bertz CT molecular complexity index is 982. The van der Waals surface area contributed by atoms with Gasteiger partial charge in [-0.25, -0.2) is 4.68 Å². The second kappa shape index (κ2) is 5.95. The van der Waals surface area contributed by atoms with Crippen molar-refractivity contribution in [1.29, 1.82) is 5.26 Å². The van der Waals surface area contributed by atoms with Crippen molar-refractivity contribution in [2.45, 2.75) is 18.8 Å². The first kappa shape index (κ1) is 15.2. The highest BCUT2D eigenvalue weighted by Crippen LogP contribution is 2.41. The van der Waals surface area contributed by atoms with Gasteiger partial charge in [-0.1, -0.05) is 0 Å². The van der Waals surface area contributed by atoms with E-state index in [1.807, 2.05) is 19.2 Å². The second-order valence-electron chi connectivity index (χ2n) is 6.20. The van der Waals surface area contributed by atoms with Crippen LogP contribution in [0.3, 0.4) is 0 Å². The highest BCUT2D eigenvalue weighted by atomic mass is 16.5. The Morgan fingerprint density at radius 2 is 2.08 bits per heavy atom. The summed E-state index contributed by atoms with van der Waals surface area (Å²) in [5.41, 5.74) is 9.55. The van der Waals surface area contributed by atoms with Crippen molar-refractivity contribution in [2.75, 3.05) is 5.73 Å². The van der Waals surface area contributed by atoms with Crippen molar-refractivity contribution in [1.82, 2.24) is 14.8 Å². The summed E-state index contributed by atoms with van der Waals surface area (Å²) in [5, 5.41) is 13.7. The Labute approximate surface area is 145 Å². The van der Waals surface area contributed by atoms with E-state index in [9.17, 15) is 5.26 Å². The van der Waals surface area contributed by atoms with E-state index in [1.165, 1.54) is 12.8 Å². The smallest absolute Gasteiger partial charge is 0.217 e. The largest absolute Gasteiger partial charge is 0.439 e. The van der Waals surface area contributed by atoms with E-state index in [-0.39, 0.29) is 0 Å². The summed E-state index contributed by atoms with van der Waals surface area (Å²) in [6.07, 6.45) is 4.01. The van der Waals surface area contributed by atoms with Crippen LogP contribution in [0.5, 0.6) is 11.6 Å². The maximum atomic E-state index is 9.21. The van der Waals surface area contributed by atoms with Gasteiger partial charge in [0.05, 0.1) is 23.0 Å². The van der Waals surface area contributed by atoms with Crippen LogP contribution in [0.25, 0.3) is 11.3 Å². The van der Waals surface area contributed by atoms with Crippen LogP contribution < -0.4 is 10.5 Å². The molecule has 1 aromatic carbocycles. The summed E-state index contributed by atoms with van der Waals surface area (Å²) < 4.78 is 7.83. The number of ether oxygens (including phenoxy) is 1. The van der Waals surface area contributed by atoms with Gasteiger partial charge in [0, 0.05) is 36.5 Å². The molecule has 6 nitrogen and oxygen atoms in total. The first-order valence-electron chi connectivity index (χ1n) is 8.12. The SMILES string of the molecule is Cn1nc(C2CC2)cc1Oc1cc(C#N)ccc1-c1cc(N)ccn1. The fraction of sp³-hybridized carbons (Fsp3) is 0.211. The molecule has 3 aromatic rings. The van der Waals surface area contributed by atoms with Crippen LogP contribution in [0.15, 0.2) is 42.6 Å². The van der Waals surface area contributed by atoms with Crippen LogP contribution in [-0.4, -0.2) is 14.8 Å². The van der Waals surface area contributed by atoms with Gasteiger partial charge in [-0.15, -0.1) is 0 Å². The molecule has 4 rings (SSSR count). The standard InChI is InChI=1S/C19H17N5O/c1-24-19(10-16(23-24)13-3-4-13)25-18-8-12(11-20)2-5-15(18)17-9-14(21)6-7-22-17/h2,5-10,13H,3-4H2,1H3,(H2,21,22). The maximum Gasteiger partial charge on any atom is 0.217 e. The first-order valence-corrected chi connectivity index (χ1v) is 8.12. The van der Waals surface area contributed by atoms with Crippen LogP contribution in [0.2, 0.25) is 0 Å². The number of nitrogens with zero attached hydrogens (tertiary/aromatic N) is 4. The monoisotopic (exact) mass is 331 g/mol. The lowest BCUT2D eigenvalue weighted by Crippen LogP contribution is -1.98. The zero-order valence-electron chi connectivity index (χ0n) is 13.8.